The Kier molecular flexibility index (Phi) is 3.45. The van der Waals surface area contributed by atoms with E-state index in [9.17, 15) is 5.11 Å². The molecule has 1 aliphatic carbocycles. The highest BCUT2D eigenvalue weighted by Crippen LogP contribution is 2.28. The van der Waals surface area contributed by atoms with Gasteiger partial charge in [-0.1, -0.05) is 35.9 Å². The largest absolute Gasteiger partial charge is 0.392 e. The molecule has 2 N–H and O–H groups in total. The first-order chi connectivity index (χ1) is 9.26. The van der Waals surface area contributed by atoms with Crippen LogP contribution in [-0.2, 0) is 19.4 Å². The van der Waals surface area contributed by atoms with E-state index in [-0.39, 0.29) is 6.61 Å². The second kappa shape index (κ2) is 5.24. The highest BCUT2D eigenvalue weighted by Gasteiger charge is 2.21. The minimum Gasteiger partial charge on any atom is -0.392 e. The zero-order valence-electron chi connectivity index (χ0n) is 10.6. The Hall–Kier alpha value is -1.51. The molecule has 0 bridgehead atoms. The molecule has 98 valence electrons. The number of aliphatic hydroxyl groups excluding tert-OH is 1. The van der Waals surface area contributed by atoms with Gasteiger partial charge >= 0.3 is 0 Å². The zero-order valence-corrected chi connectivity index (χ0v) is 11.3. The fraction of sp³-hybridized carbons (Fsp3) is 0.250. The normalized spacial score (nSPS) is 17.3. The van der Waals surface area contributed by atoms with Crippen LogP contribution >= 0.6 is 11.6 Å². The Balaban J connectivity index is 1.77. The quantitative estimate of drug-likeness (QED) is 0.898. The number of halogens is 1. The second-order valence-electron chi connectivity index (χ2n) is 4.98. The summed E-state index contributed by atoms with van der Waals surface area (Å²) in [7, 11) is 0. The molecule has 0 radical (unpaired) electrons. The number of nitrogens with one attached hydrogen (secondary N) is 1. The highest BCUT2D eigenvalue weighted by atomic mass is 35.5. The van der Waals surface area contributed by atoms with E-state index in [1.54, 1.807) is 0 Å². The lowest BCUT2D eigenvalue weighted by molar-refractivity contribution is 0.282. The Morgan fingerprint density at radius 2 is 1.89 bits per heavy atom. The summed E-state index contributed by atoms with van der Waals surface area (Å²) < 4.78 is 0. The van der Waals surface area contributed by atoms with Crippen LogP contribution < -0.4 is 5.32 Å². The maximum absolute atomic E-state index is 9.34. The molecule has 0 fully saturated rings. The van der Waals surface area contributed by atoms with Gasteiger partial charge in [0, 0.05) is 22.3 Å². The summed E-state index contributed by atoms with van der Waals surface area (Å²) in [6, 6.07) is 14.4. The molecule has 1 unspecified atom stereocenters. The molecule has 0 saturated carbocycles. The fourth-order valence-electron chi connectivity index (χ4n) is 2.71. The molecule has 0 heterocycles. The number of anilines is 1. The van der Waals surface area contributed by atoms with Crippen LogP contribution in [0.15, 0.2) is 42.5 Å². The number of hydrogen-bond donors (Lipinski definition) is 2. The van der Waals surface area contributed by atoms with Crippen LogP contribution in [0.4, 0.5) is 5.69 Å². The van der Waals surface area contributed by atoms with Gasteiger partial charge in [-0.2, -0.15) is 0 Å². The number of hydrogen-bond acceptors (Lipinski definition) is 2. The third-order valence-electron chi connectivity index (χ3n) is 3.65. The lowest BCUT2D eigenvalue weighted by atomic mass is 10.1. The maximum Gasteiger partial charge on any atom is 0.0701 e. The van der Waals surface area contributed by atoms with Crippen molar-refractivity contribution >= 4 is 17.3 Å². The van der Waals surface area contributed by atoms with E-state index in [4.69, 9.17) is 11.6 Å². The third-order valence-corrected chi connectivity index (χ3v) is 3.88. The van der Waals surface area contributed by atoms with Gasteiger partial charge in [0.05, 0.1) is 6.61 Å². The molecule has 3 rings (SSSR count). The van der Waals surface area contributed by atoms with E-state index in [0.717, 1.165) is 29.1 Å². The third kappa shape index (κ3) is 2.60. The molecule has 0 spiro atoms. The van der Waals surface area contributed by atoms with Crippen LogP contribution in [0.3, 0.4) is 0 Å². The minimum absolute atomic E-state index is 0.0642. The van der Waals surface area contributed by atoms with Crippen LogP contribution in [-0.4, -0.2) is 11.1 Å². The van der Waals surface area contributed by atoms with Crippen molar-refractivity contribution in [1.29, 1.82) is 0 Å². The van der Waals surface area contributed by atoms with Gasteiger partial charge in [0.25, 0.3) is 0 Å². The molecule has 19 heavy (non-hydrogen) atoms. The van der Waals surface area contributed by atoms with Crippen molar-refractivity contribution in [3.8, 4) is 0 Å². The van der Waals surface area contributed by atoms with Gasteiger partial charge in [0.2, 0.25) is 0 Å². The summed E-state index contributed by atoms with van der Waals surface area (Å²) in [5.41, 5.74) is 4.65. The summed E-state index contributed by atoms with van der Waals surface area (Å²) in [4.78, 5) is 0. The molecule has 0 aromatic heterocycles. The average Bonchev–Trinajstić information content (AvgIpc) is 2.80. The lowest BCUT2D eigenvalue weighted by Crippen LogP contribution is -2.20. The molecule has 0 aliphatic heterocycles. The molecule has 2 aromatic rings. The monoisotopic (exact) mass is 273 g/mol. The molecule has 2 aromatic carbocycles. The predicted molar refractivity (Wildman–Crippen MR) is 78.6 cm³/mol. The van der Waals surface area contributed by atoms with Crippen LogP contribution in [0.25, 0.3) is 0 Å². The van der Waals surface area contributed by atoms with E-state index in [2.05, 4.69) is 17.4 Å². The number of benzene rings is 2. The van der Waals surface area contributed by atoms with Gasteiger partial charge in [0.1, 0.15) is 0 Å². The van der Waals surface area contributed by atoms with Crippen LogP contribution in [0.1, 0.15) is 16.7 Å². The number of para-hydroxylation sites is 1. The van der Waals surface area contributed by atoms with Crippen LogP contribution in [0, 0.1) is 0 Å². The number of aliphatic hydroxyl groups is 1. The Labute approximate surface area is 118 Å². The summed E-state index contributed by atoms with van der Waals surface area (Å²) in [5.74, 6) is 0. The van der Waals surface area contributed by atoms with Crippen molar-refractivity contribution in [2.75, 3.05) is 5.32 Å². The first-order valence-electron chi connectivity index (χ1n) is 6.49. The van der Waals surface area contributed by atoms with Crippen molar-refractivity contribution in [3.63, 3.8) is 0 Å². The van der Waals surface area contributed by atoms with Gasteiger partial charge in [0.15, 0.2) is 0 Å². The van der Waals surface area contributed by atoms with Crippen molar-refractivity contribution in [1.82, 2.24) is 0 Å². The summed E-state index contributed by atoms with van der Waals surface area (Å²) in [5, 5.41) is 13.7. The standard InChI is InChI=1S/C16H16ClNO/c17-14-6-5-11-8-15(9-13(11)7-14)18-16-4-2-1-3-12(16)10-19/h1-7,15,18-19H,8-10H2. The Morgan fingerprint density at radius 1 is 1.11 bits per heavy atom. The molecule has 1 aliphatic rings. The summed E-state index contributed by atoms with van der Waals surface area (Å²) in [6.07, 6.45) is 1.99. The van der Waals surface area contributed by atoms with Gasteiger partial charge in [-0.05, 0) is 42.2 Å². The lowest BCUT2D eigenvalue weighted by Gasteiger charge is -2.16. The van der Waals surface area contributed by atoms with Crippen LogP contribution in [0.2, 0.25) is 5.02 Å². The minimum atomic E-state index is 0.0642. The van der Waals surface area contributed by atoms with Gasteiger partial charge in [-0.3, -0.25) is 0 Å². The summed E-state index contributed by atoms with van der Waals surface area (Å²) >= 11 is 6.03. The van der Waals surface area contributed by atoms with E-state index >= 15 is 0 Å². The molecule has 0 amide bonds. The van der Waals surface area contributed by atoms with Crippen molar-refractivity contribution in [2.24, 2.45) is 0 Å². The SMILES string of the molecule is OCc1ccccc1NC1Cc2ccc(Cl)cc2C1. The van der Waals surface area contributed by atoms with Gasteiger partial charge in [-0.25, -0.2) is 0 Å². The Morgan fingerprint density at radius 3 is 2.74 bits per heavy atom. The molecular weight excluding hydrogens is 258 g/mol. The van der Waals surface area contributed by atoms with E-state index in [1.165, 1.54) is 11.1 Å². The molecule has 1 atom stereocenters. The first-order valence-corrected chi connectivity index (χ1v) is 6.86. The molecule has 3 heteroatoms. The predicted octanol–water partition coefficient (Wildman–Crippen LogP) is 3.41. The van der Waals surface area contributed by atoms with Crippen molar-refractivity contribution in [3.05, 3.63) is 64.2 Å². The second-order valence-corrected chi connectivity index (χ2v) is 5.41. The van der Waals surface area contributed by atoms with Crippen molar-refractivity contribution in [2.45, 2.75) is 25.5 Å². The fourth-order valence-corrected chi connectivity index (χ4v) is 2.90. The molecule has 0 saturated heterocycles. The number of rotatable bonds is 3. The van der Waals surface area contributed by atoms with Crippen LogP contribution in [0.5, 0.6) is 0 Å². The topological polar surface area (TPSA) is 32.3 Å². The van der Waals surface area contributed by atoms with E-state index in [0.29, 0.717) is 6.04 Å². The zero-order chi connectivity index (χ0) is 13.2. The maximum atomic E-state index is 9.34. The van der Waals surface area contributed by atoms with Crippen molar-refractivity contribution < 1.29 is 5.11 Å². The van der Waals surface area contributed by atoms with E-state index < -0.39 is 0 Å². The molecule has 2 nitrogen and oxygen atoms in total. The molecular formula is C16H16ClNO. The Bertz CT molecular complexity index is 597. The highest BCUT2D eigenvalue weighted by molar-refractivity contribution is 6.30. The van der Waals surface area contributed by atoms with E-state index in [1.807, 2.05) is 30.3 Å². The number of fused-ring (bicyclic) bond motifs is 1. The van der Waals surface area contributed by atoms with Gasteiger partial charge < -0.3 is 10.4 Å². The van der Waals surface area contributed by atoms with Gasteiger partial charge in [-0.15, -0.1) is 0 Å². The first kappa shape index (κ1) is 12.5. The average molecular weight is 274 g/mol. The smallest absolute Gasteiger partial charge is 0.0701 e. The summed E-state index contributed by atoms with van der Waals surface area (Å²) in [6.45, 7) is 0.0642.